The number of anilines is 1. The van der Waals surface area contributed by atoms with E-state index in [9.17, 15) is 9.59 Å². The van der Waals surface area contributed by atoms with Crippen LogP contribution in [0, 0.1) is 0 Å². The van der Waals surface area contributed by atoms with Crippen LogP contribution >= 0.6 is 0 Å². The quantitative estimate of drug-likeness (QED) is 0.727. The van der Waals surface area contributed by atoms with Gasteiger partial charge in [-0.15, -0.1) is 0 Å². The summed E-state index contributed by atoms with van der Waals surface area (Å²) in [5, 5.41) is 14.0. The molecule has 0 bridgehead atoms. The van der Waals surface area contributed by atoms with Gasteiger partial charge in [0, 0.05) is 12.8 Å². The molecule has 0 saturated carbocycles. The Morgan fingerprint density at radius 3 is 2.79 bits per heavy atom. The molecule has 0 radical (unpaired) electrons. The van der Waals surface area contributed by atoms with Gasteiger partial charge in [-0.05, 0) is 24.6 Å². The van der Waals surface area contributed by atoms with E-state index in [1.807, 2.05) is 6.92 Å². The van der Waals surface area contributed by atoms with Crippen LogP contribution in [0.1, 0.15) is 12.5 Å². The molecule has 1 atom stereocenters. The first-order chi connectivity index (χ1) is 9.01. The zero-order valence-corrected chi connectivity index (χ0v) is 11.0. The highest BCUT2D eigenvalue weighted by molar-refractivity contribution is 5.89. The van der Waals surface area contributed by atoms with E-state index < -0.39 is 5.97 Å². The Morgan fingerprint density at radius 2 is 2.16 bits per heavy atom. The van der Waals surface area contributed by atoms with Gasteiger partial charge in [-0.25, -0.2) is 4.79 Å². The number of ether oxygens (including phenoxy) is 1. The van der Waals surface area contributed by atoms with Gasteiger partial charge in [0.15, 0.2) is 0 Å². The predicted octanol–water partition coefficient (Wildman–Crippen LogP) is 1.47. The third-order valence-corrected chi connectivity index (χ3v) is 2.33. The molecule has 1 unspecified atom stereocenters. The number of carbonyl (C=O) groups is 2. The fraction of sp³-hybridized carbons (Fsp3) is 0.385. The monoisotopic (exact) mass is 266 g/mol. The second kappa shape index (κ2) is 7.38. The lowest BCUT2D eigenvalue weighted by molar-refractivity contribution is -0.136. The van der Waals surface area contributed by atoms with E-state index in [-0.39, 0.29) is 18.5 Å². The van der Waals surface area contributed by atoms with E-state index in [2.05, 4.69) is 10.6 Å². The smallest absolute Gasteiger partial charge is 0.319 e. The van der Waals surface area contributed by atoms with Crippen molar-refractivity contribution in [2.45, 2.75) is 19.4 Å². The van der Waals surface area contributed by atoms with Crippen LogP contribution in [0.3, 0.4) is 0 Å². The normalized spacial score (nSPS) is 11.7. The maximum absolute atomic E-state index is 11.6. The molecule has 0 fully saturated rings. The van der Waals surface area contributed by atoms with Crippen LogP contribution in [0.15, 0.2) is 24.3 Å². The van der Waals surface area contributed by atoms with E-state index in [1.54, 1.807) is 31.4 Å². The van der Waals surface area contributed by atoms with Crippen LogP contribution in [0.5, 0.6) is 0 Å². The summed E-state index contributed by atoms with van der Waals surface area (Å²) < 4.78 is 4.91. The average Bonchev–Trinajstić information content (AvgIpc) is 2.28. The van der Waals surface area contributed by atoms with Crippen molar-refractivity contribution in [1.82, 2.24) is 5.32 Å². The number of rotatable bonds is 6. The number of methoxy groups -OCH3 is 1. The fourth-order valence-corrected chi connectivity index (χ4v) is 1.62. The van der Waals surface area contributed by atoms with E-state index in [4.69, 9.17) is 9.84 Å². The maximum atomic E-state index is 11.6. The first kappa shape index (κ1) is 15.0. The molecule has 2 amide bonds. The molecular formula is C13H18N2O4. The molecule has 19 heavy (non-hydrogen) atoms. The molecular weight excluding hydrogens is 248 g/mol. The lowest BCUT2D eigenvalue weighted by atomic mass is 10.1. The third-order valence-electron chi connectivity index (χ3n) is 2.33. The molecule has 3 N–H and O–H groups in total. The molecule has 104 valence electrons. The molecule has 0 heterocycles. The Hall–Kier alpha value is -2.08. The number of carboxylic acids is 1. The van der Waals surface area contributed by atoms with Crippen molar-refractivity contribution < 1.29 is 19.4 Å². The largest absolute Gasteiger partial charge is 0.481 e. The van der Waals surface area contributed by atoms with E-state index in [1.165, 1.54) is 0 Å². The van der Waals surface area contributed by atoms with Crippen molar-refractivity contribution in [3.05, 3.63) is 29.8 Å². The van der Waals surface area contributed by atoms with Crippen molar-refractivity contribution in [1.29, 1.82) is 0 Å². The first-order valence-electron chi connectivity index (χ1n) is 5.88. The Bertz CT molecular complexity index is 448. The highest BCUT2D eigenvalue weighted by atomic mass is 16.5. The van der Waals surface area contributed by atoms with Crippen LogP contribution in [-0.4, -0.2) is 36.9 Å². The van der Waals surface area contributed by atoms with Crippen molar-refractivity contribution in [2.24, 2.45) is 0 Å². The Balaban J connectivity index is 2.56. The average molecular weight is 266 g/mol. The van der Waals surface area contributed by atoms with Gasteiger partial charge < -0.3 is 20.5 Å². The van der Waals surface area contributed by atoms with E-state index in [0.717, 1.165) is 0 Å². The fourth-order valence-electron chi connectivity index (χ4n) is 1.62. The zero-order chi connectivity index (χ0) is 14.3. The van der Waals surface area contributed by atoms with E-state index >= 15 is 0 Å². The number of benzene rings is 1. The van der Waals surface area contributed by atoms with Crippen molar-refractivity contribution in [2.75, 3.05) is 19.0 Å². The molecule has 0 aliphatic rings. The second-order valence-electron chi connectivity index (χ2n) is 4.23. The number of carboxylic acid groups (broad SMARTS) is 1. The van der Waals surface area contributed by atoms with Gasteiger partial charge >= 0.3 is 12.0 Å². The van der Waals surface area contributed by atoms with Gasteiger partial charge in [-0.1, -0.05) is 12.1 Å². The standard InChI is InChI=1S/C13H18N2O4/c1-9(8-19-2)14-13(18)15-11-5-3-4-10(6-11)7-12(16)17/h3-6,9H,7-8H2,1-2H3,(H,16,17)(H2,14,15,18). The Labute approximate surface area is 111 Å². The number of carbonyl (C=O) groups excluding carboxylic acids is 1. The van der Waals surface area contributed by atoms with Crippen LogP contribution < -0.4 is 10.6 Å². The number of nitrogens with one attached hydrogen (secondary N) is 2. The zero-order valence-electron chi connectivity index (χ0n) is 11.0. The van der Waals surface area contributed by atoms with Crippen LogP contribution in [0.2, 0.25) is 0 Å². The van der Waals surface area contributed by atoms with Crippen LogP contribution in [0.4, 0.5) is 10.5 Å². The van der Waals surface area contributed by atoms with Gasteiger partial charge in [0.1, 0.15) is 0 Å². The summed E-state index contributed by atoms with van der Waals surface area (Å²) >= 11 is 0. The molecule has 0 spiro atoms. The lowest BCUT2D eigenvalue weighted by Gasteiger charge is -2.13. The minimum atomic E-state index is -0.907. The summed E-state index contributed by atoms with van der Waals surface area (Å²) in [6, 6.07) is 6.28. The summed E-state index contributed by atoms with van der Waals surface area (Å²) in [5.74, 6) is -0.907. The topological polar surface area (TPSA) is 87.7 Å². The highest BCUT2D eigenvalue weighted by Crippen LogP contribution is 2.11. The summed E-state index contributed by atoms with van der Waals surface area (Å²) in [6.07, 6.45) is -0.0722. The highest BCUT2D eigenvalue weighted by Gasteiger charge is 2.07. The minimum absolute atomic E-state index is 0.0722. The maximum Gasteiger partial charge on any atom is 0.319 e. The lowest BCUT2D eigenvalue weighted by Crippen LogP contribution is -2.38. The molecule has 6 nitrogen and oxygen atoms in total. The molecule has 0 aliphatic carbocycles. The van der Waals surface area contributed by atoms with Crippen molar-refractivity contribution >= 4 is 17.7 Å². The van der Waals surface area contributed by atoms with E-state index in [0.29, 0.717) is 17.9 Å². The molecule has 1 rings (SSSR count). The van der Waals surface area contributed by atoms with Gasteiger partial charge in [0.05, 0.1) is 19.1 Å². The van der Waals surface area contributed by atoms with Gasteiger partial charge in [0.2, 0.25) is 0 Å². The Morgan fingerprint density at radius 1 is 1.42 bits per heavy atom. The Kier molecular flexibility index (Phi) is 5.81. The third kappa shape index (κ3) is 5.87. The summed E-state index contributed by atoms with van der Waals surface area (Å²) in [6.45, 7) is 2.25. The molecule has 1 aromatic carbocycles. The number of hydrogen-bond acceptors (Lipinski definition) is 3. The molecule has 0 aromatic heterocycles. The molecule has 0 aliphatic heterocycles. The van der Waals surface area contributed by atoms with Crippen molar-refractivity contribution in [3.8, 4) is 0 Å². The predicted molar refractivity (Wildman–Crippen MR) is 71.3 cm³/mol. The van der Waals surface area contributed by atoms with Gasteiger partial charge in [-0.3, -0.25) is 4.79 Å². The SMILES string of the molecule is COCC(C)NC(=O)Nc1cccc(CC(=O)O)c1. The number of amides is 2. The number of aliphatic carboxylic acids is 1. The van der Waals surface area contributed by atoms with Gasteiger partial charge in [-0.2, -0.15) is 0 Å². The second-order valence-corrected chi connectivity index (χ2v) is 4.23. The van der Waals surface area contributed by atoms with Gasteiger partial charge in [0.25, 0.3) is 0 Å². The minimum Gasteiger partial charge on any atom is -0.481 e. The summed E-state index contributed by atoms with van der Waals surface area (Å²) in [4.78, 5) is 22.2. The first-order valence-corrected chi connectivity index (χ1v) is 5.88. The summed E-state index contributed by atoms with van der Waals surface area (Å²) in [7, 11) is 1.56. The number of urea groups is 1. The molecule has 1 aromatic rings. The van der Waals surface area contributed by atoms with Crippen LogP contribution in [0.25, 0.3) is 0 Å². The molecule has 0 saturated heterocycles. The van der Waals surface area contributed by atoms with Crippen LogP contribution in [-0.2, 0) is 16.0 Å². The molecule has 6 heteroatoms. The summed E-state index contributed by atoms with van der Waals surface area (Å²) in [5.41, 5.74) is 1.19. The number of hydrogen-bond donors (Lipinski definition) is 3. The van der Waals surface area contributed by atoms with Crippen molar-refractivity contribution in [3.63, 3.8) is 0 Å².